The number of carbonyl (C=O) groups is 1. The second-order valence-electron chi connectivity index (χ2n) is 11.1. The minimum absolute atomic E-state index is 0.0637. The Balaban J connectivity index is 1.15. The van der Waals surface area contributed by atoms with Crippen LogP contribution in [0.1, 0.15) is 31.9 Å². The van der Waals surface area contributed by atoms with E-state index >= 15 is 0 Å². The third kappa shape index (κ3) is 7.01. The maximum absolute atomic E-state index is 13.0. The summed E-state index contributed by atoms with van der Waals surface area (Å²) in [5.74, 6) is 1.71. The van der Waals surface area contributed by atoms with Crippen molar-refractivity contribution in [2.24, 2.45) is 0 Å². The number of thiazole rings is 1. The van der Waals surface area contributed by atoms with Crippen molar-refractivity contribution >= 4 is 56.7 Å². The Morgan fingerprint density at radius 2 is 1.58 bits per heavy atom. The van der Waals surface area contributed by atoms with Gasteiger partial charge in [0.05, 0.1) is 16.0 Å². The van der Waals surface area contributed by atoms with E-state index in [4.69, 9.17) is 4.98 Å². The number of hydrogen-bond donors (Lipinski definition) is 1. The van der Waals surface area contributed by atoms with Gasteiger partial charge in [-0.05, 0) is 46.9 Å². The Kier molecular flexibility index (Phi) is 8.65. The van der Waals surface area contributed by atoms with Gasteiger partial charge in [0.1, 0.15) is 0 Å². The number of thioether (sulfide) groups is 2. The van der Waals surface area contributed by atoms with Gasteiger partial charge >= 0.3 is 0 Å². The van der Waals surface area contributed by atoms with Crippen LogP contribution in [-0.2, 0) is 16.0 Å². The van der Waals surface area contributed by atoms with Gasteiger partial charge in [0.25, 0.3) is 0 Å². The summed E-state index contributed by atoms with van der Waals surface area (Å²) >= 11 is 4.74. The number of anilines is 1. The van der Waals surface area contributed by atoms with Crippen molar-refractivity contribution in [2.75, 3.05) is 11.1 Å². The molecule has 0 unspecified atom stereocenters. The number of hydrogen-bond acceptors (Lipinski definition) is 7. The fourth-order valence-corrected chi connectivity index (χ4v) is 7.38. The zero-order chi connectivity index (χ0) is 29.8. The van der Waals surface area contributed by atoms with Crippen molar-refractivity contribution in [3.63, 3.8) is 0 Å². The minimum Gasteiger partial charge on any atom is -0.325 e. The molecule has 6 nitrogen and oxygen atoms in total. The Bertz CT molecular complexity index is 1840. The van der Waals surface area contributed by atoms with Crippen molar-refractivity contribution in [2.45, 2.75) is 41.4 Å². The third-order valence-electron chi connectivity index (χ3n) is 6.85. The molecule has 0 fully saturated rings. The van der Waals surface area contributed by atoms with E-state index in [9.17, 15) is 4.79 Å². The van der Waals surface area contributed by atoms with Crippen molar-refractivity contribution in [1.29, 1.82) is 0 Å². The molecule has 2 aromatic heterocycles. The maximum Gasteiger partial charge on any atom is 0.234 e. The van der Waals surface area contributed by atoms with Gasteiger partial charge in [-0.15, -0.1) is 21.5 Å². The van der Waals surface area contributed by atoms with Gasteiger partial charge in [-0.2, -0.15) is 0 Å². The van der Waals surface area contributed by atoms with Crippen LogP contribution in [0.3, 0.4) is 0 Å². The van der Waals surface area contributed by atoms with Gasteiger partial charge in [0, 0.05) is 22.7 Å². The van der Waals surface area contributed by atoms with E-state index in [0.717, 1.165) is 43.1 Å². The minimum atomic E-state index is -0.105. The van der Waals surface area contributed by atoms with Crippen molar-refractivity contribution < 1.29 is 4.79 Å². The maximum atomic E-state index is 13.0. The molecule has 2 heterocycles. The van der Waals surface area contributed by atoms with Crippen LogP contribution in [0.2, 0.25) is 0 Å². The number of benzene rings is 4. The Hall–Kier alpha value is -3.92. The molecule has 1 amide bonds. The fraction of sp³-hybridized carbons (Fsp3) is 0.176. The van der Waals surface area contributed by atoms with Crippen LogP contribution < -0.4 is 5.32 Å². The molecular formula is C34H31N5OS3. The third-order valence-corrected chi connectivity index (χ3v) is 10.0. The van der Waals surface area contributed by atoms with E-state index in [-0.39, 0.29) is 17.1 Å². The Labute approximate surface area is 264 Å². The van der Waals surface area contributed by atoms with Gasteiger partial charge in [-0.1, -0.05) is 117 Å². The number of aromatic nitrogens is 4. The Morgan fingerprint density at radius 1 is 0.860 bits per heavy atom. The molecule has 1 N–H and O–H groups in total. The van der Waals surface area contributed by atoms with Crippen LogP contribution in [0.4, 0.5) is 5.69 Å². The van der Waals surface area contributed by atoms with E-state index in [0.29, 0.717) is 5.16 Å². The standard InChI is InChI=1S/C34H31N5OS3/c1-34(2,3)25-16-14-24(15-17-25)31-37-38-32(39(31)27-12-8-5-9-13-27)41-22-30(40)35-26-18-19-28-29(20-26)43-33(36-28)42-21-23-10-6-4-7-11-23/h4-20H,21-22H2,1-3H3,(H,35,40). The lowest BCUT2D eigenvalue weighted by molar-refractivity contribution is -0.113. The summed E-state index contributed by atoms with van der Waals surface area (Å²) in [5.41, 5.74) is 6.20. The van der Waals surface area contributed by atoms with E-state index in [1.54, 1.807) is 23.1 Å². The highest BCUT2D eigenvalue weighted by Gasteiger charge is 2.19. The molecule has 0 atom stereocenters. The molecule has 6 rings (SSSR count). The lowest BCUT2D eigenvalue weighted by Gasteiger charge is -2.19. The summed E-state index contributed by atoms with van der Waals surface area (Å²) in [6.45, 7) is 6.60. The summed E-state index contributed by atoms with van der Waals surface area (Å²) in [6, 6.07) is 34.7. The molecular weight excluding hydrogens is 591 g/mol. The second-order valence-corrected chi connectivity index (χ2v) is 14.3. The first-order chi connectivity index (χ1) is 20.8. The lowest BCUT2D eigenvalue weighted by Crippen LogP contribution is -2.14. The molecule has 9 heteroatoms. The first-order valence-corrected chi connectivity index (χ1v) is 16.7. The molecule has 6 aromatic rings. The summed E-state index contributed by atoms with van der Waals surface area (Å²) < 4.78 is 4.08. The highest BCUT2D eigenvalue weighted by molar-refractivity contribution is 8.00. The monoisotopic (exact) mass is 621 g/mol. The zero-order valence-electron chi connectivity index (χ0n) is 24.2. The average molecular weight is 622 g/mol. The van der Waals surface area contributed by atoms with Crippen molar-refractivity contribution in [1.82, 2.24) is 19.7 Å². The van der Waals surface area contributed by atoms with Gasteiger partial charge in [-0.3, -0.25) is 9.36 Å². The largest absolute Gasteiger partial charge is 0.325 e. The number of rotatable bonds is 9. The van der Waals surface area contributed by atoms with Crippen LogP contribution >= 0.6 is 34.9 Å². The van der Waals surface area contributed by atoms with Gasteiger partial charge in [0.15, 0.2) is 15.3 Å². The number of para-hydroxylation sites is 1. The summed E-state index contributed by atoms with van der Waals surface area (Å²) in [5, 5.41) is 12.7. The van der Waals surface area contributed by atoms with Crippen LogP contribution in [-0.4, -0.2) is 31.4 Å². The predicted molar refractivity (Wildman–Crippen MR) is 180 cm³/mol. The van der Waals surface area contributed by atoms with Gasteiger partial charge in [-0.25, -0.2) is 4.98 Å². The molecule has 0 aliphatic carbocycles. The van der Waals surface area contributed by atoms with E-state index in [1.165, 1.54) is 22.9 Å². The highest BCUT2D eigenvalue weighted by Crippen LogP contribution is 2.34. The Morgan fingerprint density at radius 3 is 2.30 bits per heavy atom. The zero-order valence-corrected chi connectivity index (χ0v) is 26.6. The molecule has 0 spiro atoms. The smallest absolute Gasteiger partial charge is 0.234 e. The van der Waals surface area contributed by atoms with Crippen LogP contribution in [0.5, 0.6) is 0 Å². The summed E-state index contributed by atoms with van der Waals surface area (Å²) in [7, 11) is 0. The van der Waals surface area contributed by atoms with E-state index < -0.39 is 0 Å². The molecule has 0 radical (unpaired) electrons. The van der Waals surface area contributed by atoms with E-state index in [2.05, 4.69) is 84.8 Å². The van der Waals surface area contributed by atoms with Crippen LogP contribution in [0.25, 0.3) is 27.3 Å². The molecule has 0 saturated carbocycles. The predicted octanol–water partition coefficient (Wildman–Crippen LogP) is 8.86. The van der Waals surface area contributed by atoms with Crippen molar-refractivity contribution in [3.05, 3.63) is 114 Å². The van der Waals surface area contributed by atoms with E-state index in [1.807, 2.05) is 59.2 Å². The fourth-order valence-electron chi connectivity index (χ4n) is 4.57. The van der Waals surface area contributed by atoms with Crippen LogP contribution in [0.15, 0.2) is 113 Å². The van der Waals surface area contributed by atoms with Gasteiger partial charge < -0.3 is 5.32 Å². The molecule has 0 aliphatic rings. The topological polar surface area (TPSA) is 72.7 Å². The first kappa shape index (κ1) is 29.2. The summed E-state index contributed by atoms with van der Waals surface area (Å²) in [6.07, 6.45) is 0. The average Bonchev–Trinajstić information content (AvgIpc) is 3.63. The summed E-state index contributed by atoms with van der Waals surface area (Å²) in [4.78, 5) is 17.8. The number of carbonyl (C=O) groups excluding carboxylic acids is 1. The molecule has 4 aromatic carbocycles. The normalized spacial score (nSPS) is 11.6. The van der Waals surface area contributed by atoms with Crippen molar-refractivity contribution in [3.8, 4) is 17.1 Å². The second kappa shape index (κ2) is 12.8. The molecule has 216 valence electrons. The molecule has 43 heavy (non-hydrogen) atoms. The molecule has 0 aliphatic heterocycles. The number of fused-ring (bicyclic) bond motifs is 1. The number of nitrogens with zero attached hydrogens (tertiary/aromatic N) is 4. The SMILES string of the molecule is CC(C)(C)c1ccc(-c2nnc(SCC(=O)Nc3ccc4nc(SCc5ccccc5)sc4c3)n2-c2ccccc2)cc1. The highest BCUT2D eigenvalue weighted by atomic mass is 32.2. The first-order valence-electron chi connectivity index (χ1n) is 14.0. The quantitative estimate of drug-likeness (QED) is 0.163. The number of amides is 1. The molecule has 0 saturated heterocycles. The number of nitrogens with one attached hydrogen (secondary N) is 1. The van der Waals surface area contributed by atoms with Crippen LogP contribution in [0, 0.1) is 0 Å². The lowest BCUT2D eigenvalue weighted by atomic mass is 9.87. The molecule has 0 bridgehead atoms. The van der Waals surface area contributed by atoms with Gasteiger partial charge in [0.2, 0.25) is 5.91 Å².